The Morgan fingerprint density at radius 3 is 2.38 bits per heavy atom. The Kier molecular flexibility index (Phi) is 3.36. The zero-order chi connectivity index (χ0) is 14.8. The highest BCUT2D eigenvalue weighted by molar-refractivity contribution is 5.67. The largest absolute Gasteiger partial charge is 0.384 e. The fourth-order valence-electron chi connectivity index (χ4n) is 2.13. The molecular formula is C17H14FN3. The van der Waals surface area contributed by atoms with Crippen molar-refractivity contribution < 1.29 is 4.39 Å². The summed E-state index contributed by atoms with van der Waals surface area (Å²) in [6.07, 6.45) is 0. The molecule has 0 bridgehead atoms. The van der Waals surface area contributed by atoms with Crippen molar-refractivity contribution in [1.82, 2.24) is 9.97 Å². The highest BCUT2D eigenvalue weighted by atomic mass is 19.1. The average molecular weight is 279 g/mol. The van der Waals surface area contributed by atoms with Crippen LogP contribution >= 0.6 is 0 Å². The fraction of sp³-hybridized carbons (Fsp3) is 0.0588. The lowest BCUT2D eigenvalue weighted by Gasteiger charge is -2.07. The lowest BCUT2D eigenvalue weighted by atomic mass is 10.1. The van der Waals surface area contributed by atoms with E-state index in [-0.39, 0.29) is 5.82 Å². The van der Waals surface area contributed by atoms with Crippen LogP contribution in [0.4, 0.5) is 10.2 Å². The number of aryl methyl sites for hydroxylation is 1. The lowest BCUT2D eigenvalue weighted by Crippen LogP contribution is -1.98. The van der Waals surface area contributed by atoms with Gasteiger partial charge in [-0.25, -0.2) is 14.4 Å². The first-order valence-electron chi connectivity index (χ1n) is 6.60. The lowest BCUT2D eigenvalue weighted by molar-refractivity contribution is 0.619. The van der Waals surface area contributed by atoms with E-state index in [1.807, 2.05) is 30.3 Å². The van der Waals surface area contributed by atoms with Crippen LogP contribution in [0.3, 0.4) is 0 Å². The predicted octanol–water partition coefficient (Wildman–Crippen LogP) is 3.84. The smallest absolute Gasteiger partial charge is 0.162 e. The van der Waals surface area contributed by atoms with Crippen LogP contribution in [0.2, 0.25) is 0 Å². The molecule has 1 aromatic heterocycles. The van der Waals surface area contributed by atoms with Crippen LogP contribution in [0.5, 0.6) is 0 Å². The Labute approximate surface area is 122 Å². The SMILES string of the molecule is Cc1cc(-c2cc(N)nc(-c3ccccc3)n2)ccc1F. The Morgan fingerprint density at radius 2 is 1.67 bits per heavy atom. The molecule has 0 radical (unpaired) electrons. The molecule has 0 saturated carbocycles. The van der Waals surface area contributed by atoms with Gasteiger partial charge in [0.25, 0.3) is 0 Å². The normalized spacial score (nSPS) is 10.6. The summed E-state index contributed by atoms with van der Waals surface area (Å²) in [5.74, 6) is 0.720. The zero-order valence-electron chi connectivity index (χ0n) is 11.5. The Morgan fingerprint density at radius 1 is 0.905 bits per heavy atom. The number of hydrogen-bond donors (Lipinski definition) is 1. The van der Waals surface area contributed by atoms with Gasteiger partial charge < -0.3 is 5.73 Å². The van der Waals surface area contributed by atoms with Crippen LogP contribution in [0.25, 0.3) is 22.6 Å². The summed E-state index contributed by atoms with van der Waals surface area (Å²) < 4.78 is 13.4. The first-order valence-corrected chi connectivity index (χ1v) is 6.60. The molecule has 0 amide bonds. The van der Waals surface area contributed by atoms with Crippen molar-refractivity contribution in [3.05, 3.63) is 66.0 Å². The summed E-state index contributed by atoms with van der Waals surface area (Å²) >= 11 is 0. The molecule has 0 aliphatic heterocycles. The van der Waals surface area contributed by atoms with E-state index in [4.69, 9.17) is 5.73 Å². The van der Waals surface area contributed by atoms with Crippen LogP contribution in [-0.4, -0.2) is 9.97 Å². The van der Waals surface area contributed by atoms with Gasteiger partial charge in [0.05, 0.1) is 5.69 Å². The highest BCUT2D eigenvalue weighted by Crippen LogP contribution is 2.24. The van der Waals surface area contributed by atoms with Gasteiger partial charge in [-0.2, -0.15) is 0 Å². The van der Waals surface area contributed by atoms with Crippen molar-refractivity contribution in [2.75, 3.05) is 5.73 Å². The van der Waals surface area contributed by atoms with Gasteiger partial charge in [0.2, 0.25) is 0 Å². The molecule has 3 rings (SSSR count). The minimum absolute atomic E-state index is 0.232. The van der Waals surface area contributed by atoms with E-state index >= 15 is 0 Å². The second-order valence-corrected chi connectivity index (χ2v) is 4.83. The third-order valence-corrected chi connectivity index (χ3v) is 3.23. The number of anilines is 1. The van der Waals surface area contributed by atoms with Gasteiger partial charge in [-0.3, -0.25) is 0 Å². The molecular weight excluding hydrogens is 265 g/mol. The second-order valence-electron chi connectivity index (χ2n) is 4.83. The van der Waals surface area contributed by atoms with Gasteiger partial charge in [0, 0.05) is 17.2 Å². The monoisotopic (exact) mass is 279 g/mol. The van der Waals surface area contributed by atoms with Crippen LogP contribution in [0, 0.1) is 12.7 Å². The van der Waals surface area contributed by atoms with Gasteiger partial charge in [-0.1, -0.05) is 30.3 Å². The first kappa shape index (κ1) is 13.2. The maximum absolute atomic E-state index is 13.4. The maximum Gasteiger partial charge on any atom is 0.162 e. The van der Waals surface area contributed by atoms with Gasteiger partial charge >= 0.3 is 0 Å². The third kappa shape index (κ3) is 2.74. The van der Waals surface area contributed by atoms with Crippen LogP contribution in [0.1, 0.15) is 5.56 Å². The summed E-state index contributed by atoms with van der Waals surface area (Å²) in [5.41, 5.74) is 8.85. The average Bonchev–Trinajstić information content (AvgIpc) is 2.50. The van der Waals surface area contributed by atoms with E-state index in [0.717, 1.165) is 11.1 Å². The fourth-order valence-corrected chi connectivity index (χ4v) is 2.13. The van der Waals surface area contributed by atoms with Gasteiger partial charge in [0.1, 0.15) is 11.6 Å². The summed E-state index contributed by atoms with van der Waals surface area (Å²) in [5, 5.41) is 0. The van der Waals surface area contributed by atoms with Gasteiger partial charge in [-0.15, -0.1) is 0 Å². The van der Waals surface area contributed by atoms with E-state index in [2.05, 4.69) is 9.97 Å². The predicted molar refractivity (Wildman–Crippen MR) is 82.0 cm³/mol. The van der Waals surface area contributed by atoms with Crippen molar-refractivity contribution in [3.63, 3.8) is 0 Å². The Bertz CT molecular complexity index is 785. The molecule has 104 valence electrons. The third-order valence-electron chi connectivity index (χ3n) is 3.23. The minimum atomic E-state index is -0.232. The molecule has 0 atom stereocenters. The molecule has 4 heteroatoms. The van der Waals surface area contributed by atoms with Gasteiger partial charge in [0.15, 0.2) is 5.82 Å². The van der Waals surface area contributed by atoms with Crippen LogP contribution < -0.4 is 5.73 Å². The van der Waals surface area contributed by atoms with Crippen molar-refractivity contribution >= 4 is 5.82 Å². The van der Waals surface area contributed by atoms with Crippen molar-refractivity contribution in [1.29, 1.82) is 0 Å². The first-order chi connectivity index (χ1) is 10.1. The van der Waals surface area contributed by atoms with E-state index in [9.17, 15) is 4.39 Å². The van der Waals surface area contributed by atoms with E-state index in [1.165, 1.54) is 6.07 Å². The summed E-state index contributed by atoms with van der Waals surface area (Å²) in [6.45, 7) is 1.72. The number of nitrogen functional groups attached to an aromatic ring is 1. The molecule has 0 aliphatic rings. The molecule has 3 nitrogen and oxygen atoms in total. The van der Waals surface area contributed by atoms with Crippen molar-refractivity contribution in [2.45, 2.75) is 6.92 Å². The molecule has 0 fully saturated rings. The Hall–Kier alpha value is -2.75. The second kappa shape index (κ2) is 5.32. The number of aromatic nitrogens is 2. The Balaban J connectivity index is 2.11. The molecule has 1 heterocycles. The number of nitrogens with zero attached hydrogens (tertiary/aromatic N) is 2. The molecule has 2 aromatic carbocycles. The molecule has 3 aromatic rings. The molecule has 0 spiro atoms. The van der Waals surface area contributed by atoms with Crippen LogP contribution in [-0.2, 0) is 0 Å². The molecule has 21 heavy (non-hydrogen) atoms. The number of benzene rings is 2. The summed E-state index contributed by atoms with van der Waals surface area (Å²) in [7, 11) is 0. The number of hydrogen-bond acceptors (Lipinski definition) is 3. The molecule has 0 unspecified atom stereocenters. The summed E-state index contributed by atoms with van der Waals surface area (Å²) in [4.78, 5) is 8.79. The zero-order valence-corrected chi connectivity index (χ0v) is 11.5. The summed E-state index contributed by atoms with van der Waals surface area (Å²) in [6, 6.07) is 16.2. The molecule has 0 saturated heterocycles. The highest BCUT2D eigenvalue weighted by Gasteiger charge is 2.08. The van der Waals surface area contributed by atoms with E-state index in [0.29, 0.717) is 22.9 Å². The number of nitrogens with two attached hydrogens (primary N) is 1. The molecule has 0 aliphatic carbocycles. The number of rotatable bonds is 2. The standard InChI is InChI=1S/C17H14FN3/c1-11-9-13(7-8-14(11)18)15-10-16(19)21-17(20-15)12-5-3-2-4-6-12/h2-10H,1H3,(H2,19,20,21). The van der Waals surface area contributed by atoms with E-state index in [1.54, 1.807) is 25.1 Å². The van der Waals surface area contributed by atoms with Crippen molar-refractivity contribution in [2.24, 2.45) is 0 Å². The minimum Gasteiger partial charge on any atom is -0.384 e. The quantitative estimate of drug-likeness (QED) is 0.775. The topological polar surface area (TPSA) is 51.8 Å². The number of halogens is 1. The molecule has 2 N–H and O–H groups in total. The van der Waals surface area contributed by atoms with E-state index < -0.39 is 0 Å². The maximum atomic E-state index is 13.4. The van der Waals surface area contributed by atoms with Gasteiger partial charge in [-0.05, 0) is 30.7 Å². The van der Waals surface area contributed by atoms with Crippen molar-refractivity contribution in [3.8, 4) is 22.6 Å². The van der Waals surface area contributed by atoms with Crippen LogP contribution in [0.15, 0.2) is 54.6 Å².